The Bertz CT molecular complexity index is 524. The van der Waals surface area contributed by atoms with Crippen molar-refractivity contribution in [2.24, 2.45) is 11.8 Å². The first-order valence-corrected chi connectivity index (χ1v) is 8.11. The molecule has 2 amide bonds. The maximum atomic E-state index is 12.4. The van der Waals surface area contributed by atoms with E-state index in [9.17, 15) is 9.59 Å². The van der Waals surface area contributed by atoms with Crippen LogP contribution in [0, 0.1) is 11.8 Å². The van der Waals surface area contributed by atoms with Gasteiger partial charge >= 0.3 is 0 Å². The Hall–Kier alpha value is -1.84. The summed E-state index contributed by atoms with van der Waals surface area (Å²) in [6.45, 7) is 6.48. The minimum absolute atomic E-state index is 0.00275. The molecule has 3 atom stereocenters. The third-order valence-corrected chi connectivity index (χ3v) is 4.78. The number of amides is 2. The van der Waals surface area contributed by atoms with Crippen LogP contribution >= 0.6 is 0 Å². The van der Waals surface area contributed by atoms with E-state index in [1.54, 1.807) is 0 Å². The fourth-order valence-corrected chi connectivity index (χ4v) is 3.04. The molecule has 1 aliphatic rings. The van der Waals surface area contributed by atoms with Gasteiger partial charge in [0.15, 0.2) is 0 Å². The van der Waals surface area contributed by atoms with Gasteiger partial charge in [0, 0.05) is 25.1 Å². The fraction of sp³-hybridized carbons (Fsp3) is 0.556. The predicted molar refractivity (Wildman–Crippen MR) is 87.4 cm³/mol. The molecule has 0 bridgehead atoms. The lowest BCUT2D eigenvalue weighted by Gasteiger charge is -2.34. The lowest BCUT2D eigenvalue weighted by Crippen LogP contribution is -2.43. The van der Waals surface area contributed by atoms with Gasteiger partial charge < -0.3 is 10.6 Å². The summed E-state index contributed by atoms with van der Waals surface area (Å²) in [7, 11) is 0. The van der Waals surface area contributed by atoms with E-state index in [4.69, 9.17) is 0 Å². The van der Waals surface area contributed by atoms with Crippen LogP contribution in [0.2, 0.25) is 0 Å². The Morgan fingerprint density at radius 1 is 1.14 bits per heavy atom. The van der Waals surface area contributed by atoms with Crippen LogP contribution in [-0.2, 0) is 11.3 Å². The van der Waals surface area contributed by atoms with Gasteiger partial charge in [-0.1, -0.05) is 38.8 Å². The number of hydrogen-bond acceptors (Lipinski definition) is 2. The normalized spacial score (nSPS) is 24.6. The smallest absolute Gasteiger partial charge is 0.251 e. The quantitative estimate of drug-likeness (QED) is 0.898. The van der Waals surface area contributed by atoms with Crippen molar-refractivity contribution in [1.82, 2.24) is 10.6 Å². The van der Waals surface area contributed by atoms with E-state index in [0.717, 1.165) is 12.0 Å². The van der Waals surface area contributed by atoms with E-state index in [2.05, 4.69) is 24.5 Å². The second-order valence-electron chi connectivity index (χ2n) is 6.45. The van der Waals surface area contributed by atoms with Gasteiger partial charge in [-0.2, -0.15) is 0 Å². The van der Waals surface area contributed by atoms with E-state index >= 15 is 0 Å². The largest absolute Gasteiger partial charge is 0.352 e. The molecule has 120 valence electrons. The molecule has 2 N–H and O–H groups in total. The van der Waals surface area contributed by atoms with E-state index in [1.807, 2.05) is 24.3 Å². The standard InChI is InChI=1S/C18H26N2O2/c1-12-5-4-6-17(13(12)2)20-18(22)16-9-7-15(8-10-16)11-19-14(3)21/h7-10,12-13,17H,4-6,11H2,1-3H3,(H,19,21)(H,20,22). The van der Waals surface area contributed by atoms with Crippen molar-refractivity contribution < 1.29 is 9.59 Å². The molecule has 0 heterocycles. The maximum Gasteiger partial charge on any atom is 0.251 e. The SMILES string of the molecule is CC(=O)NCc1ccc(C(=O)NC2CCCC(C)C2C)cc1. The van der Waals surface area contributed by atoms with Gasteiger partial charge in [-0.05, 0) is 36.0 Å². The molecule has 1 saturated carbocycles. The van der Waals surface area contributed by atoms with Crippen molar-refractivity contribution in [2.75, 3.05) is 0 Å². The topological polar surface area (TPSA) is 58.2 Å². The lowest BCUT2D eigenvalue weighted by atomic mass is 9.78. The molecule has 0 spiro atoms. The Kier molecular flexibility index (Phi) is 5.58. The van der Waals surface area contributed by atoms with E-state index in [0.29, 0.717) is 23.9 Å². The zero-order valence-electron chi connectivity index (χ0n) is 13.7. The first-order valence-electron chi connectivity index (χ1n) is 8.11. The Morgan fingerprint density at radius 2 is 1.82 bits per heavy atom. The average molecular weight is 302 g/mol. The monoisotopic (exact) mass is 302 g/mol. The number of benzene rings is 1. The minimum Gasteiger partial charge on any atom is -0.352 e. The van der Waals surface area contributed by atoms with Crippen LogP contribution in [0.4, 0.5) is 0 Å². The first kappa shape index (κ1) is 16.5. The van der Waals surface area contributed by atoms with Crippen molar-refractivity contribution in [3.8, 4) is 0 Å². The summed E-state index contributed by atoms with van der Waals surface area (Å²) >= 11 is 0. The third-order valence-electron chi connectivity index (χ3n) is 4.78. The molecular weight excluding hydrogens is 276 g/mol. The summed E-state index contributed by atoms with van der Waals surface area (Å²) in [4.78, 5) is 23.3. The van der Waals surface area contributed by atoms with Crippen molar-refractivity contribution in [2.45, 2.75) is 52.6 Å². The molecule has 1 aromatic rings. The number of hydrogen-bond donors (Lipinski definition) is 2. The zero-order valence-corrected chi connectivity index (χ0v) is 13.7. The summed E-state index contributed by atoms with van der Waals surface area (Å²) < 4.78 is 0. The second-order valence-corrected chi connectivity index (χ2v) is 6.45. The number of carbonyl (C=O) groups excluding carboxylic acids is 2. The van der Waals surface area contributed by atoms with Crippen molar-refractivity contribution >= 4 is 11.8 Å². The molecule has 22 heavy (non-hydrogen) atoms. The van der Waals surface area contributed by atoms with Gasteiger partial charge in [0.2, 0.25) is 5.91 Å². The molecule has 0 aliphatic heterocycles. The van der Waals surface area contributed by atoms with Crippen LogP contribution in [0.1, 0.15) is 56.0 Å². The van der Waals surface area contributed by atoms with Gasteiger partial charge in [0.25, 0.3) is 5.91 Å². The first-order chi connectivity index (χ1) is 10.5. The van der Waals surface area contributed by atoms with Crippen LogP contribution < -0.4 is 10.6 Å². The highest BCUT2D eigenvalue weighted by Crippen LogP contribution is 2.29. The van der Waals surface area contributed by atoms with Crippen LogP contribution in [-0.4, -0.2) is 17.9 Å². The molecule has 1 aromatic carbocycles. The van der Waals surface area contributed by atoms with Gasteiger partial charge in [-0.25, -0.2) is 0 Å². The van der Waals surface area contributed by atoms with Gasteiger partial charge in [0.1, 0.15) is 0 Å². The summed E-state index contributed by atoms with van der Waals surface area (Å²) in [6, 6.07) is 7.69. The fourth-order valence-electron chi connectivity index (χ4n) is 3.04. The summed E-state index contributed by atoms with van der Waals surface area (Å²) in [5.41, 5.74) is 1.67. The van der Waals surface area contributed by atoms with E-state index in [1.165, 1.54) is 19.8 Å². The van der Waals surface area contributed by atoms with Gasteiger partial charge in [-0.3, -0.25) is 9.59 Å². The molecule has 0 aromatic heterocycles. The highest BCUT2D eigenvalue weighted by molar-refractivity contribution is 5.94. The molecule has 1 aliphatic carbocycles. The van der Waals surface area contributed by atoms with Gasteiger partial charge in [0.05, 0.1) is 0 Å². The molecular formula is C18H26N2O2. The molecule has 0 radical (unpaired) electrons. The molecule has 1 fully saturated rings. The second kappa shape index (κ2) is 7.43. The summed E-state index contributed by atoms with van der Waals surface area (Å²) in [5, 5.41) is 5.92. The molecule has 0 saturated heterocycles. The van der Waals surface area contributed by atoms with Crippen LogP contribution in [0.3, 0.4) is 0 Å². The van der Waals surface area contributed by atoms with Crippen LogP contribution in [0.25, 0.3) is 0 Å². The molecule has 3 unspecified atom stereocenters. The number of nitrogens with one attached hydrogen (secondary N) is 2. The zero-order chi connectivity index (χ0) is 16.1. The molecule has 4 heteroatoms. The number of rotatable bonds is 4. The van der Waals surface area contributed by atoms with Crippen molar-refractivity contribution in [3.63, 3.8) is 0 Å². The lowest BCUT2D eigenvalue weighted by molar-refractivity contribution is -0.119. The Morgan fingerprint density at radius 3 is 2.45 bits per heavy atom. The number of carbonyl (C=O) groups is 2. The Labute approximate surface area is 132 Å². The van der Waals surface area contributed by atoms with Gasteiger partial charge in [-0.15, -0.1) is 0 Å². The van der Waals surface area contributed by atoms with Crippen LogP contribution in [0.5, 0.6) is 0 Å². The summed E-state index contributed by atoms with van der Waals surface area (Å²) in [6.07, 6.45) is 3.51. The third kappa shape index (κ3) is 4.33. The minimum atomic E-state index is -0.0535. The van der Waals surface area contributed by atoms with E-state index in [-0.39, 0.29) is 17.9 Å². The van der Waals surface area contributed by atoms with E-state index < -0.39 is 0 Å². The highest BCUT2D eigenvalue weighted by atomic mass is 16.2. The summed E-state index contributed by atoms with van der Waals surface area (Å²) in [5.74, 6) is 1.13. The Balaban J connectivity index is 1.93. The average Bonchev–Trinajstić information content (AvgIpc) is 2.50. The maximum absolute atomic E-state index is 12.4. The van der Waals surface area contributed by atoms with Crippen molar-refractivity contribution in [3.05, 3.63) is 35.4 Å². The highest BCUT2D eigenvalue weighted by Gasteiger charge is 2.28. The molecule has 2 rings (SSSR count). The van der Waals surface area contributed by atoms with Crippen molar-refractivity contribution in [1.29, 1.82) is 0 Å². The van der Waals surface area contributed by atoms with Crippen LogP contribution in [0.15, 0.2) is 24.3 Å². The molecule has 4 nitrogen and oxygen atoms in total. The predicted octanol–water partition coefficient (Wildman–Crippen LogP) is 2.88.